The Morgan fingerprint density at radius 1 is 1.21 bits per heavy atom. The maximum atomic E-state index is 12.1. The van der Waals surface area contributed by atoms with E-state index in [1.807, 2.05) is 0 Å². The van der Waals surface area contributed by atoms with E-state index in [0.717, 1.165) is 25.7 Å². The first-order chi connectivity index (χ1) is 11.3. The van der Waals surface area contributed by atoms with Crippen molar-refractivity contribution in [1.82, 2.24) is 14.9 Å². The summed E-state index contributed by atoms with van der Waals surface area (Å²) in [5.41, 5.74) is 6.48. The normalized spacial score (nSPS) is 17.5. The molecule has 3 rings (SSSR count). The van der Waals surface area contributed by atoms with Crippen LogP contribution >= 0.6 is 0 Å². The van der Waals surface area contributed by atoms with Gasteiger partial charge in [0.2, 0.25) is 10.0 Å². The number of nitrogens with two attached hydrogens (primary N) is 1. The third-order valence-corrected chi connectivity index (χ3v) is 5.84. The Bertz CT molecular complexity index is 806. The molecule has 2 aromatic rings. The van der Waals surface area contributed by atoms with Gasteiger partial charge in [-0.05, 0) is 51.0 Å². The van der Waals surface area contributed by atoms with Crippen LogP contribution in [0, 0.1) is 0 Å². The molecule has 3 N–H and O–H groups in total. The molecule has 0 amide bonds. The van der Waals surface area contributed by atoms with E-state index in [1.165, 1.54) is 12.1 Å². The van der Waals surface area contributed by atoms with E-state index < -0.39 is 15.6 Å². The van der Waals surface area contributed by atoms with Crippen molar-refractivity contribution in [3.05, 3.63) is 30.1 Å². The standard InChI is InChI=1S/C16H22N4O3S/c1-11(2)20-24(21,22)13-7-5-12(6-8-13)14-18-15(19-23-14)16(17)9-3-4-10-16/h5-8,11,20H,3-4,9-10,17H2,1-2H3. The molecular formula is C16H22N4O3S. The molecule has 0 atom stereocenters. The maximum absolute atomic E-state index is 12.1. The van der Waals surface area contributed by atoms with Crippen molar-refractivity contribution in [3.63, 3.8) is 0 Å². The summed E-state index contributed by atoms with van der Waals surface area (Å²) in [7, 11) is -3.51. The number of aromatic nitrogens is 2. The monoisotopic (exact) mass is 350 g/mol. The Labute approximate surface area is 141 Å². The fourth-order valence-corrected chi connectivity index (χ4v) is 4.18. The first-order valence-electron chi connectivity index (χ1n) is 8.06. The van der Waals surface area contributed by atoms with Crippen molar-refractivity contribution >= 4 is 10.0 Å². The van der Waals surface area contributed by atoms with Crippen LogP contribution < -0.4 is 10.5 Å². The van der Waals surface area contributed by atoms with Gasteiger partial charge in [-0.1, -0.05) is 18.0 Å². The lowest BCUT2D eigenvalue weighted by Crippen LogP contribution is -2.34. The number of sulfonamides is 1. The summed E-state index contributed by atoms with van der Waals surface area (Å²) in [4.78, 5) is 4.61. The molecule has 1 aromatic heterocycles. The minimum atomic E-state index is -3.51. The van der Waals surface area contributed by atoms with Crippen molar-refractivity contribution in [3.8, 4) is 11.5 Å². The second-order valence-electron chi connectivity index (χ2n) is 6.59. The highest BCUT2D eigenvalue weighted by Gasteiger charge is 2.36. The van der Waals surface area contributed by atoms with E-state index in [2.05, 4.69) is 14.9 Å². The number of hydrogen-bond acceptors (Lipinski definition) is 6. The lowest BCUT2D eigenvalue weighted by Gasteiger charge is -2.17. The molecule has 1 heterocycles. The van der Waals surface area contributed by atoms with Gasteiger partial charge in [-0.25, -0.2) is 13.1 Å². The Morgan fingerprint density at radius 2 is 1.83 bits per heavy atom. The van der Waals surface area contributed by atoms with E-state index >= 15 is 0 Å². The molecule has 1 aliphatic carbocycles. The molecule has 1 aliphatic rings. The second kappa shape index (κ2) is 6.27. The summed E-state index contributed by atoms with van der Waals surface area (Å²) in [6.07, 6.45) is 3.83. The summed E-state index contributed by atoms with van der Waals surface area (Å²) >= 11 is 0. The fourth-order valence-electron chi connectivity index (χ4n) is 2.93. The van der Waals surface area contributed by atoms with Crippen LogP contribution in [-0.2, 0) is 15.6 Å². The van der Waals surface area contributed by atoms with Gasteiger partial charge < -0.3 is 10.3 Å². The third kappa shape index (κ3) is 3.35. The summed E-state index contributed by atoms with van der Waals surface area (Å²) in [6.45, 7) is 3.55. The smallest absolute Gasteiger partial charge is 0.257 e. The van der Waals surface area contributed by atoms with Gasteiger partial charge in [-0.3, -0.25) is 0 Å². The highest BCUT2D eigenvalue weighted by Crippen LogP contribution is 2.35. The quantitative estimate of drug-likeness (QED) is 0.855. The van der Waals surface area contributed by atoms with Gasteiger partial charge in [0, 0.05) is 11.6 Å². The van der Waals surface area contributed by atoms with Crippen LogP contribution in [0.25, 0.3) is 11.5 Å². The Hall–Kier alpha value is -1.77. The van der Waals surface area contributed by atoms with Crippen molar-refractivity contribution in [1.29, 1.82) is 0 Å². The van der Waals surface area contributed by atoms with Gasteiger partial charge >= 0.3 is 0 Å². The lowest BCUT2D eigenvalue weighted by atomic mass is 9.99. The average molecular weight is 350 g/mol. The molecule has 1 saturated carbocycles. The molecule has 0 spiro atoms. The topological polar surface area (TPSA) is 111 Å². The van der Waals surface area contributed by atoms with Crippen molar-refractivity contribution in [2.45, 2.75) is 56.0 Å². The van der Waals surface area contributed by atoms with Crippen LogP contribution in [0.2, 0.25) is 0 Å². The molecule has 0 aliphatic heterocycles. The molecule has 0 radical (unpaired) electrons. The van der Waals surface area contributed by atoms with Gasteiger partial charge in [-0.2, -0.15) is 4.98 Å². The van der Waals surface area contributed by atoms with Crippen LogP contribution in [0.5, 0.6) is 0 Å². The number of hydrogen-bond donors (Lipinski definition) is 2. The molecule has 0 unspecified atom stereocenters. The van der Waals surface area contributed by atoms with Crippen LogP contribution in [0.4, 0.5) is 0 Å². The average Bonchev–Trinajstić information content (AvgIpc) is 3.16. The van der Waals surface area contributed by atoms with Gasteiger partial charge in [0.05, 0.1) is 10.4 Å². The predicted molar refractivity (Wildman–Crippen MR) is 89.5 cm³/mol. The molecule has 7 nitrogen and oxygen atoms in total. The summed E-state index contributed by atoms with van der Waals surface area (Å²) in [5.74, 6) is 0.871. The first-order valence-corrected chi connectivity index (χ1v) is 9.54. The van der Waals surface area contributed by atoms with Crippen LogP contribution in [-0.4, -0.2) is 24.6 Å². The zero-order chi connectivity index (χ0) is 17.4. The third-order valence-electron chi connectivity index (χ3n) is 4.17. The Balaban J connectivity index is 1.83. The number of benzene rings is 1. The van der Waals surface area contributed by atoms with E-state index in [-0.39, 0.29) is 10.9 Å². The number of rotatable bonds is 5. The van der Waals surface area contributed by atoms with Crippen molar-refractivity contribution < 1.29 is 12.9 Å². The molecule has 24 heavy (non-hydrogen) atoms. The minimum absolute atomic E-state index is 0.166. The molecule has 0 bridgehead atoms. The van der Waals surface area contributed by atoms with Crippen molar-refractivity contribution in [2.75, 3.05) is 0 Å². The van der Waals surface area contributed by atoms with E-state index in [4.69, 9.17) is 10.3 Å². The van der Waals surface area contributed by atoms with Gasteiger partial charge in [0.15, 0.2) is 5.82 Å². The van der Waals surface area contributed by atoms with Gasteiger partial charge in [-0.15, -0.1) is 0 Å². The molecule has 8 heteroatoms. The van der Waals surface area contributed by atoms with Gasteiger partial charge in [0.1, 0.15) is 0 Å². The maximum Gasteiger partial charge on any atom is 0.257 e. The first kappa shape index (κ1) is 17.1. The van der Waals surface area contributed by atoms with Crippen LogP contribution in [0.3, 0.4) is 0 Å². The highest BCUT2D eigenvalue weighted by atomic mass is 32.2. The SMILES string of the molecule is CC(C)NS(=O)(=O)c1ccc(-c2nc(C3(N)CCCC3)no2)cc1. The van der Waals surface area contributed by atoms with Crippen LogP contribution in [0.1, 0.15) is 45.4 Å². The Kier molecular flexibility index (Phi) is 4.46. The van der Waals surface area contributed by atoms with Crippen LogP contribution in [0.15, 0.2) is 33.7 Å². The predicted octanol–water partition coefficient (Wildman–Crippen LogP) is 2.15. The molecule has 1 fully saturated rings. The molecule has 1 aromatic carbocycles. The summed E-state index contributed by atoms with van der Waals surface area (Å²) in [6, 6.07) is 6.20. The number of nitrogens with one attached hydrogen (secondary N) is 1. The van der Waals surface area contributed by atoms with E-state index in [1.54, 1.807) is 26.0 Å². The Morgan fingerprint density at radius 3 is 2.42 bits per heavy atom. The summed E-state index contributed by atoms with van der Waals surface area (Å²) in [5, 5.41) is 4.02. The lowest BCUT2D eigenvalue weighted by molar-refractivity contribution is 0.372. The highest BCUT2D eigenvalue weighted by molar-refractivity contribution is 7.89. The number of nitrogens with zero attached hydrogens (tertiary/aromatic N) is 2. The molecular weight excluding hydrogens is 328 g/mol. The van der Waals surface area contributed by atoms with E-state index in [9.17, 15) is 8.42 Å². The second-order valence-corrected chi connectivity index (χ2v) is 8.30. The minimum Gasteiger partial charge on any atom is -0.334 e. The van der Waals surface area contributed by atoms with Crippen molar-refractivity contribution in [2.24, 2.45) is 5.73 Å². The summed E-state index contributed by atoms with van der Waals surface area (Å²) < 4.78 is 32.1. The molecule has 0 saturated heterocycles. The fraction of sp³-hybridized carbons (Fsp3) is 0.500. The largest absolute Gasteiger partial charge is 0.334 e. The molecule has 130 valence electrons. The zero-order valence-electron chi connectivity index (χ0n) is 13.8. The van der Waals surface area contributed by atoms with Gasteiger partial charge in [0.25, 0.3) is 5.89 Å². The van der Waals surface area contributed by atoms with E-state index in [0.29, 0.717) is 17.3 Å². The zero-order valence-corrected chi connectivity index (χ0v) is 14.6.